The second kappa shape index (κ2) is 11.8. The molecule has 1 fully saturated rings. The molecule has 0 bridgehead atoms. The first kappa shape index (κ1) is 27.3. The molecule has 0 unspecified atom stereocenters. The Balaban J connectivity index is 0.00000480. The number of likely N-dealkylation sites (tertiary alicyclic amines) is 1. The van der Waals surface area contributed by atoms with Crippen molar-refractivity contribution in [3.8, 4) is 0 Å². The summed E-state index contributed by atoms with van der Waals surface area (Å²) in [7, 11) is 1.65. The van der Waals surface area contributed by atoms with Crippen molar-refractivity contribution < 1.29 is 22.7 Å². The van der Waals surface area contributed by atoms with Crippen LogP contribution in [0.5, 0.6) is 0 Å². The van der Waals surface area contributed by atoms with Crippen molar-refractivity contribution in [1.29, 1.82) is 0 Å². The van der Waals surface area contributed by atoms with E-state index < -0.39 is 17.2 Å². The highest BCUT2D eigenvalue weighted by molar-refractivity contribution is 14.0. The number of aliphatic imine (C=N–C) groups is 1. The minimum atomic E-state index is -4.37. The van der Waals surface area contributed by atoms with Crippen molar-refractivity contribution in [2.45, 2.75) is 51.2 Å². The molecule has 0 aromatic heterocycles. The molecule has 0 saturated carbocycles. The van der Waals surface area contributed by atoms with E-state index in [1.165, 1.54) is 12.1 Å². The van der Waals surface area contributed by atoms with Gasteiger partial charge in [-0.3, -0.25) is 4.99 Å². The summed E-state index contributed by atoms with van der Waals surface area (Å²) in [5.74, 6) is 0.588. The van der Waals surface area contributed by atoms with Gasteiger partial charge in [-0.15, -0.1) is 24.0 Å². The third-order valence-electron chi connectivity index (χ3n) is 5.25. The summed E-state index contributed by atoms with van der Waals surface area (Å²) >= 11 is 0. The standard InChI is InChI=1S/C21H31F3N4O2.HI/c1-5-30-19(29)28-11-9-17(10-12-28)27-18(25-4)26-14-20(2,3)15-7-6-8-16(13-15)21(22,23)24;/h6-8,13,17H,5,9-12,14H2,1-4H3,(H2,25,26,27);1H. The predicted molar refractivity (Wildman–Crippen MR) is 126 cm³/mol. The zero-order valence-electron chi connectivity index (χ0n) is 18.4. The topological polar surface area (TPSA) is 66.0 Å². The number of halogens is 4. The Hall–Kier alpha value is -1.72. The number of hydrogen-bond donors (Lipinski definition) is 2. The van der Waals surface area contributed by atoms with Crippen LogP contribution in [0.3, 0.4) is 0 Å². The maximum absolute atomic E-state index is 13.0. The van der Waals surface area contributed by atoms with Gasteiger partial charge in [0.05, 0.1) is 12.2 Å². The van der Waals surface area contributed by atoms with Crippen molar-refractivity contribution in [1.82, 2.24) is 15.5 Å². The number of hydrogen-bond acceptors (Lipinski definition) is 3. The lowest BCUT2D eigenvalue weighted by molar-refractivity contribution is -0.137. The van der Waals surface area contributed by atoms with Crippen LogP contribution in [-0.4, -0.2) is 56.3 Å². The zero-order valence-corrected chi connectivity index (χ0v) is 20.7. The number of alkyl halides is 3. The Morgan fingerprint density at radius 3 is 2.39 bits per heavy atom. The minimum Gasteiger partial charge on any atom is -0.450 e. The normalized spacial score (nSPS) is 15.8. The van der Waals surface area contributed by atoms with Crippen molar-refractivity contribution in [2.75, 3.05) is 33.3 Å². The number of benzene rings is 1. The maximum Gasteiger partial charge on any atom is 0.416 e. The van der Waals surface area contributed by atoms with Gasteiger partial charge in [-0.25, -0.2) is 4.79 Å². The van der Waals surface area contributed by atoms with Crippen LogP contribution in [0.25, 0.3) is 0 Å². The molecule has 0 radical (unpaired) electrons. The number of rotatable bonds is 5. The highest BCUT2D eigenvalue weighted by atomic mass is 127. The molecule has 10 heteroatoms. The van der Waals surface area contributed by atoms with E-state index in [1.54, 1.807) is 24.9 Å². The van der Waals surface area contributed by atoms with Crippen LogP contribution in [0, 0.1) is 0 Å². The molecule has 6 nitrogen and oxygen atoms in total. The van der Waals surface area contributed by atoms with E-state index in [2.05, 4.69) is 15.6 Å². The van der Waals surface area contributed by atoms with E-state index in [0.717, 1.165) is 18.9 Å². The molecular weight excluding hydrogens is 524 g/mol. The van der Waals surface area contributed by atoms with Crippen LogP contribution in [0.1, 0.15) is 44.7 Å². The molecule has 0 atom stereocenters. The smallest absolute Gasteiger partial charge is 0.416 e. The van der Waals surface area contributed by atoms with Gasteiger partial charge in [0.15, 0.2) is 5.96 Å². The van der Waals surface area contributed by atoms with Crippen LogP contribution in [-0.2, 0) is 16.3 Å². The Labute approximate surface area is 199 Å². The van der Waals surface area contributed by atoms with Crippen LogP contribution < -0.4 is 10.6 Å². The van der Waals surface area contributed by atoms with Gasteiger partial charge in [0, 0.05) is 38.1 Å². The lowest BCUT2D eigenvalue weighted by Crippen LogP contribution is -2.51. The predicted octanol–water partition coefficient (Wildman–Crippen LogP) is 4.39. The Morgan fingerprint density at radius 1 is 1.23 bits per heavy atom. The second-order valence-corrected chi connectivity index (χ2v) is 7.99. The SMILES string of the molecule is CCOC(=O)N1CCC(NC(=NC)NCC(C)(C)c2cccc(C(F)(F)F)c2)CC1.I. The van der Waals surface area contributed by atoms with Crippen LogP contribution in [0.4, 0.5) is 18.0 Å². The summed E-state index contributed by atoms with van der Waals surface area (Å²) in [6, 6.07) is 5.57. The van der Waals surface area contributed by atoms with E-state index in [4.69, 9.17) is 4.74 Å². The van der Waals surface area contributed by atoms with Crippen LogP contribution in [0.2, 0.25) is 0 Å². The Kier molecular flexibility index (Phi) is 10.4. The van der Waals surface area contributed by atoms with E-state index in [0.29, 0.717) is 37.8 Å². The highest BCUT2D eigenvalue weighted by Gasteiger charge is 2.32. The molecule has 2 N–H and O–H groups in total. The van der Waals surface area contributed by atoms with Gasteiger partial charge in [-0.05, 0) is 31.4 Å². The fourth-order valence-electron chi connectivity index (χ4n) is 3.33. The summed E-state index contributed by atoms with van der Waals surface area (Å²) in [6.45, 7) is 7.53. The second-order valence-electron chi connectivity index (χ2n) is 7.99. The van der Waals surface area contributed by atoms with Gasteiger partial charge in [-0.2, -0.15) is 13.2 Å². The maximum atomic E-state index is 13.0. The molecule has 1 aliphatic heterocycles. The molecule has 1 aromatic carbocycles. The van der Waals surface area contributed by atoms with Gasteiger partial charge >= 0.3 is 12.3 Å². The van der Waals surface area contributed by atoms with E-state index >= 15 is 0 Å². The Bertz CT molecular complexity index is 748. The number of carbonyl (C=O) groups excluding carboxylic acids is 1. The number of carbonyl (C=O) groups is 1. The first-order valence-electron chi connectivity index (χ1n) is 10.1. The number of guanidine groups is 1. The lowest BCUT2D eigenvalue weighted by Gasteiger charge is -2.33. The average Bonchev–Trinajstić information content (AvgIpc) is 2.71. The number of amides is 1. The lowest BCUT2D eigenvalue weighted by atomic mass is 9.84. The van der Waals surface area contributed by atoms with Crippen molar-refractivity contribution in [2.24, 2.45) is 4.99 Å². The molecule has 0 aliphatic carbocycles. The van der Waals surface area contributed by atoms with Crippen molar-refractivity contribution >= 4 is 36.0 Å². The van der Waals surface area contributed by atoms with Crippen molar-refractivity contribution in [3.05, 3.63) is 35.4 Å². The van der Waals surface area contributed by atoms with Crippen molar-refractivity contribution in [3.63, 3.8) is 0 Å². The number of nitrogens with zero attached hydrogens (tertiary/aromatic N) is 2. The van der Waals surface area contributed by atoms with E-state index in [1.807, 2.05) is 13.8 Å². The molecular formula is C21H32F3IN4O2. The fourth-order valence-corrected chi connectivity index (χ4v) is 3.33. The largest absolute Gasteiger partial charge is 0.450 e. The molecule has 2 rings (SSSR count). The van der Waals surface area contributed by atoms with Gasteiger partial charge in [0.1, 0.15) is 0 Å². The molecule has 1 heterocycles. The average molecular weight is 556 g/mol. The van der Waals surface area contributed by atoms with Gasteiger partial charge < -0.3 is 20.3 Å². The molecule has 1 aliphatic rings. The summed E-state index contributed by atoms with van der Waals surface area (Å²) in [4.78, 5) is 17.7. The van der Waals surface area contributed by atoms with Gasteiger partial charge in [-0.1, -0.05) is 32.0 Å². The third kappa shape index (κ3) is 8.04. The monoisotopic (exact) mass is 556 g/mol. The van der Waals surface area contributed by atoms with Crippen LogP contribution >= 0.6 is 24.0 Å². The quantitative estimate of drug-likeness (QED) is 0.321. The fraction of sp³-hybridized carbons (Fsp3) is 0.619. The summed E-state index contributed by atoms with van der Waals surface area (Å²) in [6.07, 6.45) is -3.14. The van der Waals surface area contributed by atoms with Gasteiger partial charge in [0.25, 0.3) is 0 Å². The van der Waals surface area contributed by atoms with Gasteiger partial charge in [0.2, 0.25) is 0 Å². The highest BCUT2D eigenvalue weighted by Crippen LogP contribution is 2.32. The molecule has 1 saturated heterocycles. The number of nitrogens with one attached hydrogen (secondary N) is 2. The third-order valence-corrected chi connectivity index (χ3v) is 5.25. The number of ether oxygens (including phenoxy) is 1. The molecule has 176 valence electrons. The summed E-state index contributed by atoms with van der Waals surface area (Å²) in [5, 5.41) is 6.56. The Morgan fingerprint density at radius 2 is 1.84 bits per heavy atom. The first-order chi connectivity index (χ1) is 14.1. The molecule has 0 spiro atoms. The minimum absolute atomic E-state index is 0. The van der Waals surface area contributed by atoms with E-state index in [9.17, 15) is 18.0 Å². The molecule has 1 amide bonds. The molecule has 1 aromatic rings. The molecule has 31 heavy (non-hydrogen) atoms. The first-order valence-corrected chi connectivity index (χ1v) is 10.1. The number of piperidine rings is 1. The van der Waals surface area contributed by atoms with E-state index in [-0.39, 0.29) is 36.1 Å². The summed E-state index contributed by atoms with van der Waals surface area (Å²) in [5.41, 5.74) is -0.585. The van der Waals surface area contributed by atoms with Crippen LogP contribution in [0.15, 0.2) is 29.3 Å². The summed E-state index contributed by atoms with van der Waals surface area (Å²) < 4.78 is 44.1. The zero-order chi connectivity index (χ0) is 22.4.